The van der Waals surface area contributed by atoms with Gasteiger partial charge in [0.05, 0.1) is 12.7 Å². The smallest absolute Gasteiger partial charge is 0.242 e. The summed E-state index contributed by atoms with van der Waals surface area (Å²) in [5, 5.41) is 4.23. The molecule has 0 aliphatic carbocycles. The van der Waals surface area contributed by atoms with Gasteiger partial charge < -0.3 is 10.3 Å². The van der Waals surface area contributed by atoms with Crippen LogP contribution in [-0.4, -0.2) is 13.6 Å². The zero-order valence-corrected chi connectivity index (χ0v) is 12.6. The number of benzene rings is 1. The third kappa shape index (κ3) is 2.70. The summed E-state index contributed by atoms with van der Waals surface area (Å²) < 4.78 is 33.4. The van der Waals surface area contributed by atoms with Gasteiger partial charge in [-0.15, -0.1) is 11.3 Å². The maximum absolute atomic E-state index is 12.6. The van der Waals surface area contributed by atoms with Gasteiger partial charge in [-0.3, -0.25) is 0 Å². The van der Waals surface area contributed by atoms with Crippen LogP contribution in [0.3, 0.4) is 0 Å². The van der Waals surface area contributed by atoms with Crippen LogP contribution in [-0.2, 0) is 23.1 Å². The standard InChI is InChI=1S/C13H13N3O3S2/c14-7-12-13(10-3-1-2-4-11(10)20-12)21(17,18)16-8-9-5-6-15-19-9/h1-6,16H,7-8,14H2. The fourth-order valence-corrected chi connectivity index (χ4v) is 4.90. The Hall–Kier alpha value is -1.74. The first-order chi connectivity index (χ1) is 10.1. The van der Waals surface area contributed by atoms with Gasteiger partial charge in [0.1, 0.15) is 4.90 Å². The molecule has 0 saturated heterocycles. The summed E-state index contributed by atoms with van der Waals surface area (Å²) in [6.07, 6.45) is 1.47. The molecule has 2 heterocycles. The van der Waals surface area contributed by atoms with Crippen LogP contribution < -0.4 is 10.5 Å². The molecule has 2 aromatic heterocycles. The molecule has 8 heteroatoms. The number of thiophene rings is 1. The first kappa shape index (κ1) is 14.2. The molecule has 0 atom stereocenters. The molecule has 0 unspecified atom stereocenters. The average molecular weight is 323 g/mol. The van der Waals surface area contributed by atoms with E-state index in [4.69, 9.17) is 10.3 Å². The van der Waals surface area contributed by atoms with Crippen molar-refractivity contribution in [3.8, 4) is 0 Å². The first-order valence-corrected chi connectivity index (χ1v) is 8.51. The highest BCUT2D eigenvalue weighted by Gasteiger charge is 2.23. The highest BCUT2D eigenvalue weighted by atomic mass is 32.2. The molecule has 6 nitrogen and oxygen atoms in total. The molecule has 0 amide bonds. The van der Waals surface area contributed by atoms with Gasteiger partial charge in [0, 0.05) is 27.6 Å². The molecule has 0 fully saturated rings. The van der Waals surface area contributed by atoms with Crippen molar-refractivity contribution in [2.75, 3.05) is 0 Å². The molecular formula is C13H13N3O3S2. The second-order valence-electron chi connectivity index (χ2n) is 4.36. The SMILES string of the molecule is NCc1sc2ccccc2c1S(=O)(=O)NCc1ccno1. The Bertz CT molecular complexity index is 854. The molecule has 0 aliphatic heterocycles. The Labute approximate surface area is 125 Å². The molecule has 0 saturated carbocycles. The molecule has 3 rings (SSSR count). The lowest BCUT2D eigenvalue weighted by atomic mass is 10.2. The van der Waals surface area contributed by atoms with E-state index in [1.165, 1.54) is 17.5 Å². The highest BCUT2D eigenvalue weighted by molar-refractivity contribution is 7.90. The number of aromatic nitrogens is 1. The van der Waals surface area contributed by atoms with Crippen molar-refractivity contribution in [3.05, 3.63) is 47.2 Å². The number of nitrogens with one attached hydrogen (secondary N) is 1. The van der Waals surface area contributed by atoms with Crippen LogP contribution >= 0.6 is 11.3 Å². The number of hydrogen-bond acceptors (Lipinski definition) is 6. The van der Waals surface area contributed by atoms with Crippen molar-refractivity contribution in [2.24, 2.45) is 5.73 Å². The molecule has 3 N–H and O–H groups in total. The molecule has 1 aromatic carbocycles. The van der Waals surface area contributed by atoms with E-state index in [9.17, 15) is 8.42 Å². The minimum atomic E-state index is -3.67. The normalized spacial score (nSPS) is 12.0. The van der Waals surface area contributed by atoms with Gasteiger partial charge in [-0.1, -0.05) is 23.4 Å². The van der Waals surface area contributed by atoms with E-state index in [1.807, 2.05) is 18.2 Å². The van der Waals surface area contributed by atoms with Crippen molar-refractivity contribution in [1.29, 1.82) is 0 Å². The third-order valence-electron chi connectivity index (χ3n) is 3.00. The van der Waals surface area contributed by atoms with Crippen LogP contribution in [0.15, 0.2) is 45.9 Å². The summed E-state index contributed by atoms with van der Waals surface area (Å²) in [6, 6.07) is 8.96. The molecule has 0 radical (unpaired) electrons. The maximum Gasteiger partial charge on any atom is 0.242 e. The minimum absolute atomic E-state index is 0.0521. The van der Waals surface area contributed by atoms with E-state index in [1.54, 1.807) is 12.1 Å². The number of nitrogens with zero attached hydrogens (tertiary/aromatic N) is 1. The lowest BCUT2D eigenvalue weighted by Gasteiger charge is -2.06. The summed E-state index contributed by atoms with van der Waals surface area (Å²) in [4.78, 5) is 0.895. The first-order valence-electron chi connectivity index (χ1n) is 6.21. The number of rotatable bonds is 5. The minimum Gasteiger partial charge on any atom is -0.360 e. The van der Waals surface area contributed by atoms with Crippen LogP contribution in [0.4, 0.5) is 0 Å². The van der Waals surface area contributed by atoms with E-state index in [0.717, 1.165) is 4.70 Å². The predicted molar refractivity (Wildman–Crippen MR) is 80.2 cm³/mol. The second-order valence-corrected chi connectivity index (χ2v) is 7.20. The van der Waals surface area contributed by atoms with Crippen LogP contribution in [0, 0.1) is 0 Å². The van der Waals surface area contributed by atoms with E-state index in [2.05, 4.69) is 9.88 Å². The topological polar surface area (TPSA) is 98.2 Å². The van der Waals surface area contributed by atoms with E-state index in [0.29, 0.717) is 16.0 Å². The van der Waals surface area contributed by atoms with E-state index < -0.39 is 10.0 Å². The van der Waals surface area contributed by atoms with Gasteiger partial charge >= 0.3 is 0 Å². The Morgan fingerprint density at radius 2 is 2.10 bits per heavy atom. The van der Waals surface area contributed by atoms with Gasteiger partial charge in [-0.25, -0.2) is 13.1 Å². The summed E-state index contributed by atoms with van der Waals surface area (Å²) in [5.74, 6) is 0.451. The highest BCUT2D eigenvalue weighted by Crippen LogP contribution is 2.34. The molecule has 0 spiro atoms. The van der Waals surface area contributed by atoms with Crippen LogP contribution in [0.5, 0.6) is 0 Å². The monoisotopic (exact) mass is 323 g/mol. The largest absolute Gasteiger partial charge is 0.360 e. The van der Waals surface area contributed by atoms with Gasteiger partial charge in [0.15, 0.2) is 5.76 Å². The quantitative estimate of drug-likeness (QED) is 0.746. The molecule has 3 aromatic rings. The van der Waals surface area contributed by atoms with Crippen LogP contribution in [0.2, 0.25) is 0 Å². The summed E-state index contributed by atoms with van der Waals surface area (Å²) in [7, 11) is -3.67. The molecule has 110 valence electrons. The fourth-order valence-electron chi connectivity index (χ4n) is 2.07. The zero-order valence-electron chi connectivity index (χ0n) is 10.9. The fraction of sp³-hybridized carbons (Fsp3) is 0.154. The second kappa shape index (κ2) is 5.57. The average Bonchev–Trinajstić information content (AvgIpc) is 3.12. The van der Waals surface area contributed by atoms with Crippen molar-refractivity contribution < 1.29 is 12.9 Å². The summed E-state index contributed by atoms with van der Waals surface area (Å²) in [5.41, 5.74) is 5.69. The van der Waals surface area contributed by atoms with Crippen LogP contribution in [0.1, 0.15) is 10.6 Å². The summed E-state index contributed by atoms with van der Waals surface area (Å²) >= 11 is 1.39. The van der Waals surface area contributed by atoms with Gasteiger partial charge in [-0.2, -0.15) is 0 Å². The predicted octanol–water partition coefficient (Wildman–Crippen LogP) is 1.83. The van der Waals surface area contributed by atoms with Crippen molar-refractivity contribution in [1.82, 2.24) is 9.88 Å². The van der Waals surface area contributed by atoms with Gasteiger partial charge in [0.2, 0.25) is 10.0 Å². The number of fused-ring (bicyclic) bond motifs is 1. The lowest BCUT2D eigenvalue weighted by Crippen LogP contribution is -2.24. The van der Waals surface area contributed by atoms with Crippen molar-refractivity contribution >= 4 is 31.4 Å². The number of nitrogens with two attached hydrogens (primary N) is 1. The Kier molecular flexibility index (Phi) is 3.77. The Morgan fingerprint density at radius 1 is 1.29 bits per heavy atom. The van der Waals surface area contributed by atoms with Crippen LogP contribution in [0.25, 0.3) is 10.1 Å². The van der Waals surface area contributed by atoms with E-state index in [-0.39, 0.29) is 18.0 Å². The molecule has 0 aliphatic rings. The Balaban J connectivity index is 2.01. The zero-order chi connectivity index (χ0) is 14.9. The van der Waals surface area contributed by atoms with Gasteiger partial charge in [0.25, 0.3) is 0 Å². The van der Waals surface area contributed by atoms with E-state index >= 15 is 0 Å². The maximum atomic E-state index is 12.6. The number of sulfonamides is 1. The summed E-state index contributed by atoms with van der Waals surface area (Å²) in [6.45, 7) is 0.231. The molecular weight excluding hydrogens is 310 g/mol. The third-order valence-corrected chi connectivity index (χ3v) is 5.85. The molecule has 21 heavy (non-hydrogen) atoms. The Morgan fingerprint density at radius 3 is 2.81 bits per heavy atom. The van der Waals surface area contributed by atoms with Crippen molar-refractivity contribution in [3.63, 3.8) is 0 Å². The lowest BCUT2D eigenvalue weighted by molar-refractivity contribution is 0.380. The van der Waals surface area contributed by atoms with Crippen molar-refractivity contribution in [2.45, 2.75) is 18.0 Å². The number of hydrogen-bond donors (Lipinski definition) is 2. The van der Waals surface area contributed by atoms with Gasteiger partial charge in [-0.05, 0) is 6.07 Å². The molecule has 0 bridgehead atoms.